The van der Waals surface area contributed by atoms with Gasteiger partial charge in [0.05, 0.1) is 6.10 Å². The number of likely N-dealkylation sites (tertiary alicyclic amines) is 1. The minimum atomic E-state index is -0.442. The summed E-state index contributed by atoms with van der Waals surface area (Å²) in [4.78, 5) is 13.6. The second kappa shape index (κ2) is 6.10. The Morgan fingerprint density at radius 2 is 1.94 bits per heavy atom. The van der Waals surface area contributed by atoms with Gasteiger partial charge in [-0.1, -0.05) is 5.92 Å². The van der Waals surface area contributed by atoms with Crippen LogP contribution < -0.4 is 0 Å². The van der Waals surface area contributed by atoms with Crippen molar-refractivity contribution in [3.63, 3.8) is 0 Å². The van der Waals surface area contributed by atoms with E-state index < -0.39 is 5.60 Å². The summed E-state index contributed by atoms with van der Waals surface area (Å²) in [6.07, 6.45) is 6.64. The third-order valence-corrected chi connectivity index (χ3v) is 2.72. The van der Waals surface area contributed by atoms with Gasteiger partial charge in [0.1, 0.15) is 11.7 Å². The predicted molar refractivity (Wildman–Crippen MR) is 70.2 cm³/mol. The Morgan fingerprint density at radius 3 is 2.39 bits per heavy atom. The van der Waals surface area contributed by atoms with E-state index in [0.29, 0.717) is 13.1 Å². The van der Waals surface area contributed by atoms with Crippen LogP contribution in [0.25, 0.3) is 0 Å². The first-order valence-electron chi connectivity index (χ1n) is 6.41. The second-order valence-corrected chi connectivity index (χ2v) is 5.61. The molecule has 1 fully saturated rings. The zero-order valence-corrected chi connectivity index (χ0v) is 11.7. The molecule has 0 bridgehead atoms. The fourth-order valence-electron chi connectivity index (χ4n) is 1.83. The van der Waals surface area contributed by atoms with Crippen LogP contribution in [-0.4, -0.2) is 41.9 Å². The average Bonchev–Trinajstić information content (AvgIpc) is 2.27. The SMILES string of the molecule is C#C[C@@H](C)OC1CCN(C(=O)OC(C)(C)C)CC1. The Labute approximate surface area is 110 Å². The van der Waals surface area contributed by atoms with Gasteiger partial charge in [0.25, 0.3) is 0 Å². The number of nitrogens with zero attached hydrogens (tertiary/aromatic N) is 1. The Bertz CT molecular complexity index is 319. The van der Waals surface area contributed by atoms with Gasteiger partial charge in [0.15, 0.2) is 0 Å². The zero-order chi connectivity index (χ0) is 13.8. The van der Waals surface area contributed by atoms with Crippen molar-refractivity contribution in [2.75, 3.05) is 13.1 Å². The van der Waals surface area contributed by atoms with Gasteiger partial charge < -0.3 is 14.4 Å². The molecule has 0 aromatic rings. The standard InChI is InChI=1S/C14H23NO3/c1-6-11(2)17-12-7-9-15(10-8-12)13(16)18-14(3,4)5/h1,11-12H,7-10H2,2-5H3/t11-/m1/s1. The second-order valence-electron chi connectivity index (χ2n) is 5.61. The number of hydrogen-bond donors (Lipinski definition) is 0. The van der Waals surface area contributed by atoms with Gasteiger partial charge in [-0.15, -0.1) is 6.42 Å². The Morgan fingerprint density at radius 1 is 1.39 bits per heavy atom. The Balaban J connectivity index is 2.35. The highest BCUT2D eigenvalue weighted by atomic mass is 16.6. The quantitative estimate of drug-likeness (QED) is 0.709. The average molecular weight is 253 g/mol. The van der Waals surface area contributed by atoms with Gasteiger partial charge in [0, 0.05) is 13.1 Å². The number of piperidine rings is 1. The molecule has 1 atom stereocenters. The molecular weight excluding hydrogens is 230 g/mol. The number of terminal acetylenes is 1. The summed E-state index contributed by atoms with van der Waals surface area (Å²) in [5.41, 5.74) is -0.442. The largest absolute Gasteiger partial charge is 0.444 e. The summed E-state index contributed by atoms with van der Waals surface area (Å²) in [5.74, 6) is 2.55. The molecule has 0 N–H and O–H groups in total. The Hall–Kier alpha value is -1.21. The summed E-state index contributed by atoms with van der Waals surface area (Å²) >= 11 is 0. The maximum atomic E-state index is 11.8. The molecule has 0 aromatic heterocycles. The maximum Gasteiger partial charge on any atom is 0.410 e. The lowest BCUT2D eigenvalue weighted by atomic mass is 10.1. The third-order valence-electron chi connectivity index (χ3n) is 2.72. The van der Waals surface area contributed by atoms with Crippen LogP contribution in [0.15, 0.2) is 0 Å². The third kappa shape index (κ3) is 4.97. The van der Waals surface area contributed by atoms with E-state index in [9.17, 15) is 4.79 Å². The molecule has 18 heavy (non-hydrogen) atoms. The first-order chi connectivity index (χ1) is 8.31. The van der Waals surface area contributed by atoms with Gasteiger partial charge in [-0.3, -0.25) is 0 Å². The van der Waals surface area contributed by atoms with Crippen molar-refractivity contribution < 1.29 is 14.3 Å². The molecule has 1 heterocycles. The number of ether oxygens (including phenoxy) is 2. The van der Waals surface area contributed by atoms with Crippen molar-refractivity contribution in [3.05, 3.63) is 0 Å². The van der Waals surface area contributed by atoms with Crippen molar-refractivity contribution in [1.29, 1.82) is 0 Å². The molecule has 1 aliphatic heterocycles. The van der Waals surface area contributed by atoms with E-state index in [1.807, 2.05) is 27.7 Å². The first kappa shape index (κ1) is 14.8. The number of hydrogen-bond acceptors (Lipinski definition) is 3. The molecule has 4 heteroatoms. The Kier molecular flexibility index (Phi) is 5.03. The number of rotatable bonds is 2. The van der Waals surface area contributed by atoms with Gasteiger partial charge in [-0.2, -0.15) is 0 Å². The van der Waals surface area contributed by atoms with Crippen LogP contribution in [0, 0.1) is 12.3 Å². The molecule has 0 aromatic carbocycles. The molecule has 0 spiro atoms. The smallest absolute Gasteiger partial charge is 0.410 e. The lowest BCUT2D eigenvalue weighted by molar-refractivity contribution is -0.0227. The minimum Gasteiger partial charge on any atom is -0.444 e. The van der Waals surface area contributed by atoms with E-state index in [1.54, 1.807) is 4.90 Å². The molecule has 0 unspecified atom stereocenters. The van der Waals surface area contributed by atoms with Gasteiger partial charge in [-0.05, 0) is 40.5 Å². The van der Waals surface area contributed by atoms with Crippen molar-refractivity contribution >= 4 is 6.09 Å². The van der Waals surface area contributed by atoms with Crippen molar-refractivity contribution in [1.82, 2.24) is 4.90 Å². The zero-order valence-electron chi connectivity index (χ0n) is 11.7. The van der Waals surface area contributed by atoms with Crippen LogP contribution in [0.1, 0.15) is 40.5 Å². The van der Waals surface area contributed by atoms with Crippen LogP contribution >= 0.6 is 0 Å². The van der Waals surface area contributed by atoms with E-state index in [2.05, 4.69) is 5.92 Å². The lowest BCUT2D eigenvalue weighted by Gasteiger charge is -2.33. The molecule has 4 nitrogen and oxygen atoms in total. The lowest BCUT2D eigenvalue weighted by Crippen LogP contribution is -2.43. The highest BCUT2D eigenvalue weighted by Gasteiger charge is 2.27. The van der Waals surface area contributed by atoms with E-state index in [4.69, 9.17) is 15.9 Å². The molecule has 1 amide bonds. The fourth-order valence-corrected chi connectivity index (χ4v) is 1.83. The monoisotopic (exact) mass is 253 g/mol. The maximum absolute atomic E-state index is 11.8. The summed E-state index contributed by atoms with van der Waals surface area (Å²) in [6.45, 7) is 8.80. The van der Waals surface area contributed by atoms with Crippen LogP contribution in [0.4, 0.5) is 4.79 Å². The molecule has 0 radical (unpaired) electrons. The van der Waals surface area contributed by atoms with Crippen LogP contribution in [-0.2, 0) is 9.47 Å². The van der Waals surface area contributed by atoms with Crippen molar-refractivity contribution in [3.8, 4) is 12.3 Å². The van der Waals surface area contributed by atoms with Crippen LogP contribution in [0.2, 0.25) is 0 Å². The van der Waals surface area contributed by atoms with E-state index in [1.165, 1.54) is 0 Å². The minimum absolute atomic E-state index is 0.148. The molecule has 0 aliphatic carbocycles. The topological polar surface area (TPSA) is 38.8 Å². The van der Waals surface area contributed by atoms with E-state index in [0.717, 1.165) is 12.8 Å². The highest BCUT2D eigenvalue weighted by Crippen LogP contribution is 2.18. The predicted octanol–water partition coefficient (Wildman–Crippen LogP) is 2.42. The molecule has 102 valence electrons. The van der Waals surface area contributed by atoms with Crippen LogP contribution in [0.5, 0.6) is 0 Å². The number of carbonyl (C=O) groups excluding carboxylic acids is 1. The summed E-state index contributed by atoms with van der Waals surface area (Å²) in [5, 5.41) is 0. The number of carbonyl (C=O) groups is 1. The number of amides is 1. The fraction of sp³-hybridized carbons (Fsp3) is 0.786. The van der Waals surface area contributed by atoms with E-state index >= 15 is 0 Å². The van der Waals surface area contributed by atoms with E-state index in [-0.39, 0.29) is 18.3 Å². The van der Waals surface area contributed by atoms with Crippen molar-refractivity contribution in [2.24, 2.45) is 0 Å². The van der Waals surface area contributed by atoms with Gasteiger partial charge in [-0.25, -0.2) is 4.79 Å². The van der Waals surface area contributed by atoms with Gasteiger partial charge >= 0.3 is 6.09 Å². The molecule has 1 rings (SSSR count). The summed E-state index contributed by atoms with van der Waals surface area (Å²) < 4.78 is 11.0. The molecule has 0 saturated carbocycles. The summed E-state index contributed by atoms with van der Waals surface area (Å²) in [6, 6.07) is 0. The molecule has 1 saturated heterocycles. The highest BCUT2D eigenvalue weighted by molar-refractivity contribution is 5.68. The normalized spacial score (nSPS) is 19.2. The molecular formula is C14H23NO3. The van der Waals surface area contributed by atoms with Gasteiger partial charge in [0.2, 0.25) is 0 Å². The first-order valence-corrected chi connectivity index (χ1v) is 6.41. The van der Waals surface area contributed by atoms with Crippen LogP contribution in [0.3, 0.4) is 0 Å². The van der Waals surface area contributed by atoms with Crippen molar-refractivity contribution in [2.45, 2.75) is 58.3 Å². The molecule has 1 aliphatic rings. The summed E-state index contributed by atoms with van der Waals surface area (Å²) in [7, 11) is 0.